The van der Waals surface area contributed by atoms with Gasteiger partial charge in [0.2, 0.25) is 0 Å². The highest BCUT2D eigenvalue weighted by molar-refractivity contribution is 7.22. The lowest BCUT2D eigenvalue weighted by atomic mass is 10.1. The molecule has 0 fully saturated rings. The summed E-state index contributed by atoms with van der Waals surface area (Å²) in [5, 5.41) is 9.64. The van der Waals surface area contributed by atoms with Crippen LogP contribution in [0.25, 0.3) is 10.2 Å². The van der Waals surface area contributed by atoms with Crippen LogP contribution in [0.3, 0.4) is 0 Å². The van der Waals surface area contributed by atoms with E-state index in [1.54, 1.807) is 29.2 Å². The van der Waals surface area contributed by atoms with Crippen molar-refractivity contribution in [3.63, 3.8) is 0 Å². The molecule has 0 unspecified atom stereocenters. The summed E-state index contributed by atoms with van der Waals surface area (Å²) in [5.41, 5.74) is 2.97. The predicted molar refractivity (Wildman–Crippen MR) is 108 cm³/mol. The van der Waals surface area contributed by atoms with E-state index in [0.717, 1.165) is 15.8 Å². The molecule has 5 heteroatoms. The molecule has 0 aliphatic heterocycles. The van der Waals surface area contributed by atoms with Crippen molar-refractivity contribution in [2.75, 3.05) is 4.90 Å². The molecule has 0 bridgehead atoms. The Kier molecular flexibility index (Phi) is 4.65. The molecule has 0 N–H and O–H groups in total. The van der Waals surface area contributed by atoms with Crippen LogP contribution in [0.1, 0.15) is 21.5 Å². The van der Waals surface area contributed by atoms with Crippen LogP contribution in [0.2, 0.25) is 0 Å². The molecule has 1 aromatic heterocycles. The number of anilines is 1. The average Bonchev–Trinajstić information content (AvgIpc) is 3.16. The predicted octanol–water partition coefficient (Wildman–Crippen LogP) is 5.01. The van der Waals surface area contributed by atoms with E-state index in [1.807, 2.05) is 54.6 Å². The van der Waals surface area contributed by atoms with Gasteiger partial charge in [-0.2, -0.15) is 5.26 Å². The van der Waals surface area contributed by atoms with E-state index < -0.39 is 0 Å². The van der Waals surface area contributed by atoms with Crippen LogP contribution >= 0.6 is 11.3 Å². The van der Waals surface area contributed by atoms with Crippen LogP contribution in [-0.4, -0.2) is 10.9 Å². The first-order valence-corrected chi connectivity index (χ1v) is 9.28. The fourth-order valence-electron chi connectivity index (χ4n) is 2.81. The summed E-state index contributed by atoms with van der Waals surface area (Å²) in [4.78, 5) is 19.6. The van der Waals surface area contributed by atoms with E-state index in [1.165, 1.54) is 11.3 Å². The molecule has 4 rings (SSSR count). The second kappa shape index (κ2) is 7.40. The number of thiazole rings is 1. The van der Waals surface area contributed by atoms with Crippen molar-refractivity contribution in [1.29, 1.82) is 5.26 Å². The third-order valence-electron chi connectivity index (χ3n) is 4.20. The van der Waals surface area contributed by atoms with Gasteiger partial charge in [0.05, 0.1) is 28.4 Å². The average molecular weight is 369 g/mol. The minimum Gasteiger partial charge on any atom is -0.279 e. The number of para-hydroxylation sites is 1. The molecule has 130 valence electrons. The first kappa shape index (κ1) is 17.0. The lowest BCUT2D eigenvalue weighted by Gasteiger charge is -2.20. The molecule has 0 radical (unpaired) electrons. The Balaban J connectivity index is 1.74. The molecule has 4 nitrogen and oxygen atoms in total. The van der Waals surface area contributed by atoms with Crippen molar-refractivity contribution in [1.82, 2.24) is 4.98 Å². The number of fused-ring (bicyclic) bond motifs is 1. The van der Waals surface area contributed by atoms with Crippen LogP contribution in [0, 0.1) is 11.3 Å². The van der Waals surface area contributed by atoms with E-state index in [4.69, 9.17) is 5.26 Å². The zero-order valence-electron chi connectivity index (χ0n) is 14.4. The molecule has 0 saturated carbocycles. The van der Waals surface area contributed by atoms with Crippen molar-refractivity contribution < 1.29 is 4.79 Å². The van der Waals surface area contributed by atoms with Crippen LogP contribution < -0.4 is 4.90 Å². The molecular weight excluding hydrogens is 354 g/mol. The monoisotopic (exact) mass is 369 g/mol. The van der Waals surface area contributed by atoms with Gasteiger partial charge in [-0.15, -0.1) is 0 Å². The number of carbonyl (C=O) groups excluding carboxylic acids is 1. The summed E-state index contributed by atoms with van der Waals surface area (Å²) in [7, 11) is 0. The molecule has 1 heterocycles. The standard InChI is InChI=1S/C22H15N3OS/c23-14-16-10-12-18(13-11-16)21(26)25(15-17-6-2-1-3-7-17)22-24-19-8-4-5-9-20(19)27-22/h1-13H,15H2. The van der Waals surface area contributed by atoms with Crippen LogP contribution in [0.15, 0.2) is 78.9 Å². The molecule has 4 aromatic rings. The van der Waals surface area contributed by atoms with Gasteiger partial charge in [-0.3, -0.25) is 9.69 Å². The van der Waals surface area contributed by atoms with Gasteiger partial charge in [-0.05, 0) is 42.0 Å². The van der Waals surface area contributed by atoms with Crippen LogP contribution in [-0.2, 0) is 6.54 Å². The van der Waals surface area contributed by atoms with E-state index in [-0.39, 0.29) is 5.91 Å². The van der Waals surface area contributed by atoms with Crippen molar-refractivity contribution in [3.05, 3.63) is 95.6 Å². The summed E-state index contributed by atoms with van der Waals surface area (Å²) < 4.78 is 1.04. The Hall–Kier alpha value is -3.49. The highest BCUT2D eigenvalue weighted by atomic mass is 32.1. The summed E-state index contributed by atoms with van der Waals surface area (Å²) in [6.45, 7) is 0.430. The third kappa shape index (κ3) is 3.57. The number of carbonyl (C=O) groups is 1. The molecule has 0 atom stereocenters. The first-order chi connectivity index (χ1) is 13.2. The molecular formula is C22H15N3OS. The maximum Gasteiger partial charge on any atom is 0.260 e. The molecule has 0 spiro atoms. The van der Waals surface area contributed by atoms with E-state index in [2.05, 4.69) is 11.1 Å². The Labute approximate surface area is 160 Å². The minimum atomic E-state index is -0.137. The summed E-state index contributed by atoms with van der Waals surface area (Å²) in [6, 6.07) is 26.5. The smallest absolute Gasteiger partial charge is 0.260 e. The van der Waals surface area contributed by atoms with Crippen LogP contribution in [0.5, 0.6) is 0 Å². The number of nitrogens with zero attached hydrogens (tertiary/aromatic N) is 3. The molecule has 0 aliphatic carbocycles. The lowest BCUT2D eigenvalue weighted by molar-refractivity contribution is 0.0985. The second-order valence-corrected chi connectivity index (χ2v) is 7.04. The van der Waals surface area contributed by atoms with Gasteiger partial charge in [-0.1, -0.05) is 53.8 Å². The van der Waals surface area contributed by atoms with Gasteiger partial charge >= 0.3 is 0 Å². The zero-order valence-corrected chi connectivity index (χ0v) is 15.2. The van der Waals surface area contributed by atoms with E-state index in [0.29, 0.717) is 22.8 Å². The first-order valence-electron chi connectivity index (χ1n) is 8.46. The number of benzene rings is 3. The third-order valence-corrected chi connectivity index (χ3v) is 5.26. The second-order valence-electron chi connectivity index (χ2n) is 6.03. The zero-order chi connectivity index (χ0) is 18.6. The van der Waals surface area contributed by atoms with Gasteiger partial charge in [0.25, 0.3) is 5.91 Å². The molecule has 0 saturated heterocycles. The number of amides is 1. The van der Waals surface area contributed by atoms with Crippen LogP contribution in [0.4, 0.5) is 5.13 Å². The number of rotatable bonds is 4. The maximum atomic E-state index is 13.2. The number of hydrogen-bond donors (Lipinski definition) is 0. The van der Waals surface area contributed by atoms with Gasteiger partial charge in [0.15, 0.2) is 5.13 Å². The minimum absolute atomic E-state index is 0.137. The van der Waals surface area contributed by atoms with Gasteiger partial charge < -0.3 is 0 Å². The summed E-state index contributed by atoms with van der Waals surface area (Å²) in [6.07, 6.45) is 0. The Morgan fingerprint density at radius 3 is 2.37 bits per heavy atom. The highest BCUT2D eigenvalue weighted by Crippen LogP contribution is 2.30. The largest absolute Gasteiger partial charge is 0.279 e. The number of hydrogen-bond acceptors (Lipinski definition) is 4. The lowest BCUT2D eigenvalue weighted by Crippen LogP contribution is -2.30. The number of aromatic nitrogens is 1. The summed E-state index contributed by atoms with van der Waals surface area (Å²) >= 11 is 1.50. The Bertz CT molecular complexity index is 1090. The van der Waals surface area contributed by atoms with Gasteiger partial charge in [-0.25, -0.2) is 4.98 Å². The topological polar surface area (TPSA) is 57.0 Å². The van der Waals surface area contributed by atoms with E-state index >= 15 is 0 Å². The van der Waals surface area contributed by atoms with Crippen molar-refractivity contribution in [2.24, 2.45) is 0 Å². The normalized spacial score (nSPS) is 10.5. The summed E-state index contributed by atoms with van der Waals surface area (Å²) in [5.74, 6) is -0.137. The van der Waals surface area contributed by atoms with Crippen molar-refractivity contribution in [2.45, 2.75) is 6.54 Å². The molecule has 1 amide bonds. The molecule has 27 heavy (non-hydrogen) atoms. The fourth-order valence-corrected chi connectivity index (χ4v) is 3.77. The van der Waals surface area contributed by atoms with Gasteiger partial charge in [0.1, 0.15) is 0 Å². The molecule has 0 aliphatic rings. The highest BCUT2D eigenvalue weighted by Gasteiger charge is 2.21. The van der Waals surface area contributed by atoms with Crippen molar-refractivity contribution in [3.8, 4) is 6.07 Å². The number of nitriles is 1. The maximum absolute atomic E-state index is 13.2. The Morgan fingerprint density at radius 1 is 0.963 bits per heavy atom. The quantitative estimate of drug-likeness (QED) is 0.508. The van der Waals surface area contributed by atoms with E-state index in [9.17, 15) is 4.79 Å². The Morgan fingerprint density at radius 2 is 1.67 bits per heavy atom. The molecule has 3 aromatic carbocycles. The SMILES string of the molecule is N#Cc1ccc(C(=O)N(Cc2ccccc2)c2nc3ccccc3s2)cc1. The fraction of sp³-hybridized carbons (Fsp3) is 0.0455. The van der Waals surface area contributed by atoms with Crippen molar-refractivity contribution >= 4 is 32.6 Å². The van der Waals surface area contributed by atoms with Gasteiger partial charge in [0, 0.05) is 5.56 Å².